The number of benzene rings is 1. The summed E-state index contributed by atoms with van der Waals surface area (Å²) in [4.78, 5) is 0. The van der Waals surface area contributed by atoms with E-state index in [0.717, 1.165) is 17.2 Å². The van der Waals surface area contributed by atoms with Crippen LogP contribution in [-0.4, -0.2) is 14.8 Å². The highest BCUT2D eigenvalue weighted by Crippen LogP contribution is 2.13. The van der Waals surface area contributed by atoms with Gasteiger partial charge in [-0.15, -0.1) is 10.2 Å². The SMILES string of the molecule is Cc1nnc(CN[C@H](C)c2cccc(F)c2)n1C. The Morgan fingerprint density at radius 1 is 1.39 bits per heavy atom. The monoisotopic (exact) mass is 248 g/mol. The van der Waals surface area contributed by atoms with Crippen LogP contribution >= 0.6 is 0 Å². The number of halogens is 1. The van der Waals surface area contributed by atoms with Crippen molar-refractivity contribution in [3.05, 3.63) is 47.3 Å². The van der Waals surface area contributed by atoms with Crippen molar-refractivity contribution in [1.29, 1.82) is 0 Å². The molecule has 0 amide bonds. The summed E-state index contributed by atoms with van der Waals surface area (Å²) < 4.78 is 15.0. The van der Waals surface area contributed by atoms with Crippen molar-refractivity contribution in [2.75, 3.05) is 0 Å². The summed E-state index contributed by atoms with van der Waals surface area (Å²) in [6, 6.07) is 6.68. The van der Waals surface area contributed by atoms with E-state index in [1.165, 1.54) is 6.07 Å². The van der Waals surface area contributed by atoms with Crippen LogP contribution in [0.4, 0.5) is 4.39 Å². The molecule has 0 saturated heterocycles. The smallest absolute Gasteiger partial charge is 0.146 e. The highest BCUT2D eigenvalue weighted by Gasteiger charge is 2.09. The number of nitrogens with one attached hydrogen (secondary N) is 1. The van der Waals surface area contributed by atoms with Crippen LogP contribution in [0.1, 0.15) is 30.2 Å². The van der Waals surface area contributed by atoms with E-state index in [2.05, 4.69) is 15.5 Å². The summed E-state index contributed by atoms with van der Waals surface area (Å²) in [7, 11) is 1.93. The maximum Gasteiger partial charge on any atom is 0.146 e. The maximum atomic E-state index is 13.1. The van der Waals surface area contributed by atoms with E-state index in [-0.39, 0.29) is 11.9 Å². The third-order valence-electron chi connectivity index (χ3n) is 3.10. The molecule has 0 unspecified atom stereocenters. The van der Waals surface area contributed by atoms with Crippen molar-refractivity contribution in [2.24, 2.45) is 7.05 Å². The molecule has 0 aliphatic heterocycles. The predicted molar refractivity (Wildman–Crippen MR) is 67.4 cm³/mol. The average Bonchev–Trinajstić information content (AvgIpc) is 2.67. The number of nitrogens with zero attached hydrogens (tertiary/aromatic N) is 3. The standard InChI is InChI=1S/C13H17FN4/c1-9(11-5-4-6-12(14)7-11)15-8-13-17-16-10(2)18(13)3/h4-7,9,15H,8H2,1-3H3/t9-/m1/s1. The lowest BCUT2D eigenvalue weighted by Gasteiger charge is -2.13. The number of hydrogen-bond acceptors (Lipinski definition) is 3. The minimum atomic E-state index is -0.212. The van der Waals surface area contributed by atoms with Gasteiger partial charge in [-0.05, 0) is 31.5 Å². The van der Waals surface area contributed by atoms with Crippen molar-refractivity contribution in [2.45, 2.75) is 26.4 Å². The fourth-order valence-corrected chi connectivity index (χ4v) is 1.74. The second kappa shape index (κ2) is 5.27. The molecular weight excluding hydrogens is 231 g/mol. The summed E-state index contributed by atoms with van der Waals surface area (Å²) in [5.74, 6) is 1.54. The molecular formula is C13H17FN4. The van der Waals surface area contributed by atoms with Crippen molar-refractivity contribution < 1.29 is 4.39 Å². The van der Waals surface area contributed by atoms with Gasteiger partial charge in [0.05, 0.1) is 6.54 Å². The topological polar surface area (TPSA) is 42.7 Å². The third kappa shape index (κ3) is 2.73. The first-order valence-corrected chi connectivity index (χ1v) is 5.91. The number of aryl methyl sites for hydroxylation is 1. The molecule has 2 rings (SSSR count). The molecule has 18 heavy (non-hydrogen) atoms. The normalized spacial score (nSPS) is 12.7. The summed E-state index contributed by atoms with van der Waals surface area (Å²) in [6.45, 7) is 4.51. The van der Waals surface area contributed by atoms with Gasteiger partial charge < -0.3 is 9.88 Å². The third-order valence-corrected chi connectivity index (χ3v) is 3.10. The molecule has 0 aliphatic rings. The lowest BCUT2D eigenvalue weighted by Crippen LogP contribution is -2.20. The van der Waals surface area contributed by atoms with Crippen molar-refractivity contribution in [1.82, 2.24) is 20.1 Å². The quantitative estimate of drug-likeness (QED) is 0.901. The molecule has 1 aromatic heterocycles. The zero-order chi connectivity index (χ0) is 13.1. The minimum absolute atomic E-state index is 0.0673. The Hall–Kier alpha value is -1.75. The molecule has 5 heteroatoms. The van der Waals surface area contributed by atoms with Gasteiger partial charge in [-0.1, -0.05) is 12.1 Å². The molecule has 0 radical (unpaired) electrons. The van der Waals surface area contributed by atoms with Gasteiger partial charge in [-0.25, -0.2) is 4.39 Å². The van der Waals surface area contributed by atoms with E-state index in [4.69, 9.17) is 0 Å². The maximum absolute atomic E-state index is 13.1. The first kappa shape index (κ1) is 12.7. The highest BCUT2D eigenvalue weighted by molar-refractivity contribution is 5.19. The Kier molecular flexibility index (Phi) is 3.72. The lowest BCUT2D eigenvalue weighted by molar-refractivity contribution is 0.541. The molecule has 0 spiro atoms. The number of aromatic nitrogens is 3. The molecule has 1 atom stereocenters. The van der Waals surface area contributed by atoms with Crippen LogP contribution in [0.2, 0.25) is 0 Å². The van der Waals surface area contributed by atoms with E-state index in [1.807, 2.05) is 31.5 Å². The van der Waals surface area contributed by atoms with Crippen molar-refractivity contribution in [3.63, 3.8) is 0 Å². The minimum Gasteiger partial charge on any atom is -0.317 e. The van der Waals surface area contributed by atoms with E-state index < -0.39 is 0 Å². The van der Waals surface area contributed by atoms with Crippen LogP contribution in [0.3, 0.4) is 0 Å². The van der Waals surface area contributed by atoms with Gasteiger partial charge in [0.15, 0.2) is 0 Å². The first-order chi connectivity index (χ1) is 8.58. The van der Waals surface area contributed by atoms with Gasteiger partial charge in [-0.3, -0.25) is 0 Å². The first-order valence-electron chi connectivity index (χ1n) is 5.91. The summed E-state index contributed by atoms with van der Waals surface area (Å²) in [6.07, 6.45) is 0. The fourth-order valence-electron chi connectivity index (χ4n) is 1.74. The van der Waals surface area contributed by atoms with Crippen LogP contribution < -0.4 is 5.32 Å². The fraction of sp³-hybridized carbons (Fsp3) is 0.385. The van der Waals surface area contributed by atoms with Gasteiger partial charge >= 0.3 is 0 Å². The van der Waals surface area contributed by atoms with Crippen molar-refractivity contribution in [3.8, 4) is 0 Å². The molecule has 0 fully saturated rings. The molecule has 0 aliphatic carbocycles. The molecule has 1 aromatic carbocycles. The molecule has 4 nitrogen and oxygen atoms in total. The van der Waals surface area contributed by atoms with Crippen LogP contribution in [0.5, 0.6) is 0 Å². The van der Waals surface area contributed by atoms with Crippen LogP contribution in [-0.2, 0) is 13.6 Å². The van der Waals surface area contributed by atoms with Crippen LogP contribution in [0, 0.1) is 12.7 Å². The zero-order valence-corrected chi connectivity index (χ0v) is 10.8. The summed E-state index contributed by atoms with van der Waals surface area (Å²) >= 11 is 0. The van der Waals surface area contributed by atoms with Gasteiger partial charge in [-0.2, -0.15) is 0 Å². The summed E-state index contributed by atoms with van der Waals surface area (Å²) in [5.41, 5.74) is 0.925. The number of rotatable bonds is 4. The van der Waals surface area contributed by atoms with Gasteiger partial charge in [0.2, 0.25) is 0 Å². The second-order valence-corrected chi connectivity index (χ2v) is 4.38. The average molecular weight is 248 g/mol. The van der Waals surface area contributed by atoms with Gasteiger partial charge in [0, 0.05) is 13.1 Å². The van der Waals surface area contributed by atoms with Crippen molar-refractivity contribution >= 4 is 0 Å². The summed E-state index contributed by atoms with van der Waals surface area (Å²) in [5, 5.41) is 11.4. The molecule has 2 aromatic rings. The molecule has 96 valence electrons. The van der Waals surface area contributed by atoms with E-state index in [1.54, 1.807) is 12.1 Å². The lowest BCUT2D eigenvalue weighted by atomic mass is 10.1. The van der Waals surface area contributed by atoms with Gasteiger partial charge in [0.1, 0.15) is 17.5 Å². The van der Waals surface area contributed by atoms with E-state index in [0.29, 0.717) is 6.54 Å². The van der Waals surface area contributed by atoms with E-state index >= 15 is 0 Å². The highest BCUT2D eigenvalue weighted by atomic mass is 19.1. The predicted octanol–water partition coefficient (Wildman–Crippen LogP) is 2.11. The molecule has 1 heterocycles. The zero-order valence-electron chi connectivity index (χ0n) is 10.8. The van der Waals surface area contributed by atoms with Gasteiger partial charge in [0.25, 0.3) is 0 Å². The van der Waals surface area contributed by atoms with Crippen LogP contribution in [0.15, 0.2) is 24.3 Å². The molecule has 0 saturated carbocycles. The Bertz CT molecular complexity index is 536. The second-order valence-electron chi connectivity index (χ2n) is 4.38. The largest absolute Gasteiger partial charge is 0.317 e. The molecule has 1 N–H and O–H groups in total. The Morgan fingerprint density at radius 2 is 2.17 bits per heavy atom. The Labute approximate surface area is 106 Å². The van der Waals surface area contributed by atoms with E-state index in [9.17, 15) is 4.39 Å². The van der Waals surface area contributed by atoms with Crippen LogP contribution in [0.25, 0.3) is 0 Å². The Balaban J connectivity index is 2.00. The number of hydrogen-bond donors (Lipinski definition) is 1. The Morgan fingerprint density at radius 3 is 2.78 bits per heavy atom. The molecule has 0 bridgehead atoms.